The van der Waals surface area contributed by atoms with Gasteiger partial charge in [-0.05, 0) is 29.3 Å². The summed E-state index contributed by atoms with van der Waals surface area (Å²) in [5.74, 6) is 0. The van der Waals surface area contributed by atoms with Crippen molar-refractivity contribution in [3.63, 3.8) is 0 Å². The molecule has 0 aliphatic carbocycles. The smallest absolute Gasteiger partial charge is 0.324 e. The molecule has 0 saturated heterocycles. The van der Waals surface area contributed by atoms with Crippen molar-refractivity contribution in [1.29, 1.82) is 0 Å². The Balaban J connectivity index is 2.86. The van der Waals surface area contributed by atoms with Crippen LogP contribution in [0.2, 0.25) is 0 Å². The molecule has 2 aromatic carbocycles. The van der Waals surface area contributed by atoms with Gasteiger partial charge >= 0.3 is 6.18 Å². The van der Waals surface area contributed by atoms with E-state index in [0.29, 0.717) is 10.9 Å². The second kappa shape index (κ2) is 4.04. The van der Waals surface area contributed by atoms with Gasteiger partial charge in [0.1, 0.15) is 0 Å². The fourth-order valence-electron chi connectivity index (χ4n) is 1.99. The third-order valence-corrected chi connectivity index (χ3v) is 2.73. The van der Waals surface area contributed by atoms with Crippen LogP contribution in [-0.2, 0) is 6.18 Å². The molecule has 2 aromatic rings. The quantitative estimate of drug-likeness (QED) is 0.803. The van der Waals surface area contributed by atoms with E-state index in [-0.39, 0.29) is 5.39 Å². The molecule has 0 amide bonds. The number of rotatable bonds is 1. The molecule has 0 fully saturated rings. The zero-order valence-electron chi connectivity index (χ0n) is 9.25. The highest BCUT2D eigenvalue weighted by atomic mass is 19.4. The van der Waals surface area contributed by atoms with E-state index in [1.165, 1.54) is 6.07 Å². The summed E-state index contributed by atoms with van der Waals surface area (Å²) < 4.78 is 38.8. The number of halogens is 3. The number of hydrogen-bond acceptors (Lipinski definition) is 1. The summed E-state index contributed by atoms with van der Waals surface area (Å²) in [5, 5.41) is 0.770. The lowest BCUT2D eigenvalue weighted by Gasteiger charge is -2.15. The molecular weight excluding hydrogens is 227 g/mol. The number of fused-ring (bicyclic) bond motifs is 1. The standard InChI is InChI=1S/C13H12F3N/c1-8(17)10-6-2-4-9-5-3-7-11(12(9)10)13(14,15)16/h2-8H,17H2,1H3. The summed E-state index contributed by atoms with van der Waals surface area (Å²) in [6, 6.07) is 8.77. The van der Waals surface area contributed by atoms with Gasteiger partial charge in [-0.15, -0.1) is 0 Å². The first-order valence-corrected chi connectivity index (χ1v) is 5.25. The van der Waals surface area contributed by atoms with Crippen molar-refractivity contribution < 1.29 is 13.2 Å². The Bertz CT molecular complexity index is 539. The van der Waals surface area contributed by atoms with Crippen molar-refractivity contribution in [2.75, 3.05) is 0 Å². The SMILES string of the molecule is CC(N)c1cccc2cccc(C(F)(F)F)c12. The van der Waals surface area contributed by atoms with Crippen molar-refractivity contribution in [1.82, 2.24) is 0 Å². The first-order valence-electron chi connectivity index (χ1n) is 5.25. The van der Waals surface area contributed by atoms with Crippen molar-refractivity contribution in [3.05, 3.63) is 47.5 Å². The second-order valence-corrected chi connectivity index (χ2v) is 4.04. The third-order valence-electron chi connectivity index (χ3n) is 2.73. The van der Waals surface area contributed by atoms with Crippen LogP contribution in [0.25, 0.3) is 10.8 Å². The fraction of sp³-hybridized carbons (Fsp3) is 0.231. The van der Waals surface area contributed by atoms with Crippen LogP contribution < -0.4 is 5.73 Å². The summed E-state index contributed by atoms with van der Waals surface area (Å²) in [7, 11) is 0. The molecule has 1 atom stereocenters. The van der Waals surface area contributed by atoms with E-state index in [1.54, 1.807) is 31.2 Å². The van der Waals surface area contributed by atoms with Crippen LogP contribution in [0, 0.1) is 0 Å². The van der Waals surface area contributed by atoms with Crippen LogP contribution >= 0.6 is 0 Å². The summed E-state index contributed by atoms with van der Waals surface area (Å²) in [5.41, 5.74) is 5.63. The summed E-state index contributed by atoms with van der Waals surface area (Å²) in [6.07, 6.45) is -4.36. The Labute approximate surface area is 97.0 Å². The van der Waals surface area contributed by atoms with Gasteiger partial charge in [0, 0.05) is 6.04 Å². The van der Waals surface area contributed by atoms with Crippen molar-refractivity contribution in [3.8, 4) is 0 Å². The predicted molar refractivity (Wildman–Crippen MR) is 61.6 cm³/mol. The minimum atomic E-state index is -4.36. The van der Waals surface area contributed by atoms with Gasteiger partial charge in [-0.1, -0.05) is 30.3 Å². The van der Waals surface area contributed by atoms with Crippen LogP contribution in [0.3, 0.4) is 0 Å². The lowest BCUT2D eigenvalue weighted by molar-refractivity contribution is -0.136. The van der Waals surface area contributed by atoms with E-state index < -0.39 is 17.8 Å². The van der Waals surface area contributed by atoms with Gasteiger partial charge in [-0.25, -0.2) is 0 Å². The average Bonchev–Trinajstić information content (AvgIpc) is 2.26. The number of hydrogen-bond donors (Lipinski definition) is 1. The van der Waals surface area contributed by atoms with Crippen molar-refractivity contribution >= 4 is 10.8 Å². The molecule has 1 nitrogen and oxygen atoms in total. The van der Waals surface area contributed by atoms with Crippen LogP contribution in [0.5, 0.6) is 0 Å². The molecule has 0 radical (unpaired) electrons. The molecule has 0 spiro atoms. The largest absolute Gasteiger partial charge is 0.417 e. The average molecular weight is 239 g/mol. The molecule has 0 aliphatic heterocycles. The van der Waals surface area contributed by atoms with Crippen LogP contribution in [0.4, 0.5) is 13.2 Å². The van der Waals surface area contributed by atoms with E-state index in [1.807, 2.05) is 0 Å². The highest BCUT2D eigenvalue weighted by Crippen LogP contribution is 2.37. The normalized spacial score (nSPS) is 13.9. The van der Waals surface area contributed by atoms with Gasteiger partial charge in [0.25, 0.3) is 0 Å². The second-order valence-electron chi connectivity index (χ2n) is 4.04. The Kier molecular flexibility index (Phi) is 2.83. The van der Waals surface area contributed by atoms with Crippen LogP contribution in [0.1, 0.15) is 24.1 Å². The van der Waals surface area contributed by atoms with Crippen molar-refractivity contribution in [2.24, 2.45) is 5.73 Å². The lowest BCUT2D eigenvalue weighted by Crippen LogP contribution is -2.10. The maximum absolute atomic E-state index is 12.9. The molecular formula is C13H12F3N. The molecule has 17 heavy (non-hydrogen) atoms. The number of alkyl halides is 3. The predicted octanol–water partition coefficient (Wildman–Crippen LogP) is 3.88. The van der Waals surface area contributed by atoms with E-state index >= 15 is 0 Å². The van der Waals surface area contributed by atoms with Gasteiger partial charge in [0.2, 0.25) is 0 Å². The zero-order chi connectivity index (χ0) is 12.6. The molecule has 0 heterocycles. The van der Waals surface area contributed by atoms with Gasteiger partial charge in [-0.2, -0.15) is 13.2 Å². The molecule has 0 bridgehead atoms. The van der Waals surface area contributed by atoms with E-state index in [2.05, 4.69) is 0 Å². The Hall–Kier alpha value is -1.55. The lowest BCUT2D eigenvalue weighted by atomic mass is 9.95. The fourth-order valence-corrected chi connectivity index (χ4v) is 1.99. The molecule has 0 aromatic heterocycles. The van der Waals surface area contributed by atoms with Crippen LogP contribution in [0.15, 0.2) is 36.4 Å². The summed E-state index contributed by atoms with van der Waals surface area (Å²) in [6.45, 7) is 1.68. The van der Waals surface area contributed by atoms with Gasteiger partial charge < -0.3 is 5.73 Å². The number of benzene rings is 2. The van der Waals surface area contributed by atoms with Crippen LogP contribution in [-0.4, -0.2) is 0 Å². The highest BCUT2D eigenvalue weighted by Gasteiger charge is 2.33. The van der Waals surface area contributed by atoms with E-state index in [0.717, 1.165) is 6.07 Å². The summed E-state index contributed by atoms with van der Waals surface area (Å²) >= 11 is 0. The molecule has 0 saturated carbocycles. The maximum atomic E-state index is 12.9. The van der Waals surface area contributed by atoms with E-state index in [4.69, 9.17) is 5.73 Å². The topological polar surface area (TPSA) is 26.0 Å². The Morgan fingerprint density at radius 1 is 1.06 bits per heavy atom. The molecule has 0 aliphatic rings. The molecule has 1 unspecified atom stereocenters. The van der Waals surface area contributed by atoms with Gasteiger partial charge in [0.15, 0.2) is 0 Å². The first kappa shape index (κ1) is 11.9. The monoisotopic (exact) mass is 239 g/mol. The van der Waals surface area contributed by atoms with Gasteiger partial charge in [-0.3, -0.25) is 0 Å². The summed E-state index contributed by atoms with van der Waals surface area (Å²) in [4.78, 5) is 0. The Morgan fingerprint density at radius 3 is 2.18 bits per heavy atom. The molecule has 2 rings (SSSR count). The Morgan fingerprint density at radius 2 is 1.65 bits per heavy atom. The highest BCUT2D eigenvalue weighted by molar-refractivity contribution is 5.89. The maximum Gasteiger partial charge on any atom is 0.417 e. The minimum absolute atomic E-state index is 0.206. The molecule has 90 valence electrons. The minimum Gasteiger partial charge on any atom is -0.324 e. The molecule has 2 N–H and O–H groups in total. The molecule has 4 heteroatoms. The third kappa shape index (κ3) is 2.13. The first-order chi connectivity index (χ1) is 7.91. The van der Waals surface area contributed by atoms with E-state index in [9.17, 15) is 13.2 Å². The van der Waals surface area contributed by atoms with Crippen molar-refractivity contribution in [2.45, 2.75) is 19.1 Å². The zero-order valence-corrected chi connectivity index (χ0v) is 9.25. The van der Waals surface area contributed by atoms with Gasteiger partial charge in [0.05, 0.1) is 5.56 Å². The number of nitrogens with two attached hydrogens (primary N) is 1.